The fourth-order valence-corrected chi connectivity index (χ4v) is 4.44. The number of carbonyl (C=O) groups excluding carboxylic acids is 1. The first kappa shape index (κ1) is 18.9. The molecule has 0 bridgehead atoms. The van der Waals surface area contributed by atoms with Crippen LogP contribution in [0.1, 0.15) is 23.2 Å². The number of halogens is 1. The monoisotopic (exact) mass is 392 g/mol. The van der Waals surface area contributed by atoms with E-state index < -0.39 is 10.0 Å². The van der Waals surface area contributed by atoms with Gasteiger partial charge < -0.3 is 4.90 Å². The second kappa shape index (κ2) is 7.78. The highest BCUT2D eigenvalue weighted by atomic mass is 35.5. The number of ketones is 1. The van der Waals surface area contributed by atoms with Crippen molar-refractivity contribution < 1.29 is 13.2 Å². The Hall–Kier alpha value is -1.89. The molecule has 1 heterocycles. The molecule has 0 saturated carbocycles. The predicted molar refractivity (Wildman–Crippen MR) is 103 cm³/mol. The van der Waals surface area contributed by atoms with Crippen LogP contribution in [0, 0.1) is 5.92 Å². The van der Waals surface area contributed by atoms with Gasteiger partial charge in [0.15, 0.2) is 5.78 Å². The summed E-state index contributed by atoms with van der Waals surface area (Å²) in [6, 6.07) is 12.7. The van der Waals surface area contributed by atoms with Crippen LogP contribution < -0.4 is 4.72 Å². The molecule has 0 aromatic heterocycles. The van der Waals surface area contributed by atoms with E-state index >= 15 is 0 Å². The second-order valence-electron chi connectivity index (χ2n) is 6.59. The molecule has 0 amide bonds. The Labute approximate surface area is 159 Å². The third-order valence-electron chi connectivity index (χ3n) is 4.60. The molecule has 2 aromatic carbocycles. The summed E-state index contributed by atoms with van der Waals surface area (Å²) >= 11 is 5.88. The zero-order valence-corrected chi connectivity index (χ0v) is 16.1. The Bertz CT molecular complexity index is 907. The Kier molecular flexibility index (Phi) is 5.65. The molecule has 7 heteroatoms. The minimum atomic E-state index is -3.76. The van der Waals surface area contributed by atoms with Gasteiger partial charge in [-0.3, -0.25) is 9.52 Å². The van der Waals surface area contributed by atoms with Gasteiger partial charge in [0, 0.05) is 22.2 Å². The number of rotatable bonds is 5. The number of piperidine rings is 1. The largest absolute Gasteiger partial charge is 0.306 e. The first-order valence-corrected chi connectivity index (χ1v) is 10.3. The van der Waals surface area contributed by atoms with Gasteiger partial charge in [-0.1, -0.05) is 29.8 Å². The van der Waals surface area contributed by atoms with Crippen molar-refractivity contribution in [1.82, 2.24) is 4.90 Å². The zero-order valence-electron chi connectivity index (χ0n) is 14.5. The minimum absolute atomic E-state index is 0.00835. The highest BCUT2D eigenvalue weighted by Gasteiger charge is 2.24. The van der Waals surface area contributed by atoms with Gasteiger partial charge in [-0.05, 0) is 63.3 Å². The maximum absolute atomic E-state index is 12.7. The Morgan fingerprint density at radius 1 is 1.12 bits per heavy atom. The highest BCUT2D eigenvalue weighted by molar-refractivity contribution is 7.92. The van der Waals surface area contributed by atoms with Crippen LogP contribution in [-0.2, 0) is 10.0 Å². The van der Waals surface area contributed by atoms with E-state index in [9.17, 15) is 13.2 Å². The summed E-state index contributed by atoms with van der Waals surface area (Å²) in [4.78, 5) is 15.0. The van der Waals surface area contributed by atoms with E-state index in [1.54, 1.807) is 36.4 Å². The van der Waals surface area contributed by atoms with E-state index in [4.69, 9.17) is 11.6 Å². The summed E-state index contributed by atoms with van der Waals surface area (Å²) in [5.74, 6) is 0.0629. The average molecular weight is 393 g/mol. The van der Waals surface area contributed by atoms with E-state index in [0.29, 0.717) is 16.3 Å². The third-order valence-corrected chi connectivity index (χ3v) is 6.21. The number of likely N-dealkylation sites (tertiary alicyclic amines) is 1. The molecule has 26 heavy (non-hydrogen) atoms. The second-order valence-corrected chi connectivity index (χ2v) is 8.70. The van der Waals surface area contributed by atoms with Crippen LogP contribution in [-0.4, -0.2) is 39.2 Å². The molecular weight excluding hydrogens is 372 g/mol. The number of hydrogen-bond acceptors (Lipinski definition) is 4. The molecule has 1 N–H and O–H groups in total. The number of anilines is 1. The number of carbonyl (C=O) groups is 1. The maximum atomic E-state index is 12.7. The first-order chi connectivity index (χ1) is 12.3. The van der Waals surface area contributed by atoms with Crippen molar-refractivity contribution in [3.8, 4) is 0 Å². The lowest BCUT2D eigenvalue weighted by Gasteiger charge is -2.28. The van der Waals surface area contributed by atoms with E-state index in [0.717, 1.165) is 25.9 Å². The molecule has 1 aliphatic rings. The summed E-state index contributed by atoms with van der Waals surface area (Å²) in [5.41, 5.74) is 0.898. The summed E-state index contributed by atoms with van der Waals surface area (Å²) in [6.07, 6.45) is 1.65. The fourth-order valence-electron chi connectivity index (χ4n) is 3.09. The van der Waals surface area contributed by atoms with Crippen LogP contribution >= 0.6 is 11.6 Å². The van der Waals surface area contributed by atoms with Crippen LogP contribution in [0.2, 0.25) is 5.02 Å². The van der Waals surface area contributed by atoms with Crippen molar-refractivity contribution in [1.29, 1.82) is 0 Å². The van der Waals surface area contributed by atoms with Gasteiger partial charge in [-0.15, -0.1) is 0 Å². The SMILES string of the molecule is CN1CCC(C(=O)c2cccc(NS(=O)(=O)c3cccc(Cl)c3)c2)CC1. The number of nitrogens with one attached hydrogen (secondary N) is 1. The number of Topliss-reactive ketones (excluding diaryl/α,β-unsaturated/α-hetero) is 1. The fraction of sp³-hybridized carbons (Fsp3) is 0.316. The third kappa shape index (κ3) is 4.44. The van der Waals surface area contributed by atoms with Crippen molar-refractivity contribution in [3.63, 3.8) is 0 Å². The molecule has 1 saturated heterocycles. The molecule has 0 radical (unpaired) electrons. The molecule has 0 atom stereocenters. The van der Waals surface area contributed by atoms with Crippen molar-refractivity contribution in [2.45, 2.75) is 17.7 Å². The standard InChI is InChI=1S/C19H21ClN2O3S/c1-22-10-8-14(9-11-22)19(23)15-4-2-6-17(12-15)21-26(24,25)18-7-3-5-16(20)13-18/h2-7,12-14,21H,8-11H2,1H3. The molecule has 1 aliphatic heterocycles. The van der Waals surface area contributed by atoms with Gasteiger partial charge >= 0.3 is 0 Å². The van der Waals surface area contributed by atoms with E-state index in [2.05, 4.69) is 9.62 Å². The quantitative estimate of drug-likeness (QED) is 0.788. The number of hydrogen-bond donors (Lipinski definition) is 1. The number of sulfonamides is 1. The van der Waals surface area contributed by atoms with Gasteiger partial charge in [0.05, 0.1) is 4.90 Å². The average Bonchev–Trinajstić information content (AvgIpc) is 2.62. The molecule has 3 rings (SSSR count). The normalized spacial score (nSPS) is 16.4. The van der Waals surface area contributed by atoms with Crippen LogP contribution in [0.25, 0.3) is 0 Å². The Balaban J connectivity index is 1.78. The first-order valence-electron chi connectivity index (χ1n) is 8.46. The smallest absolute Gasteiger partial charge is 0.261 e. The molecule has 2 aromatic rings. The molecule has 138 valence electrons. The molecular formula is C19H21ClN2O3S. The lowest BCUT2D eigenvalue weighted by molar-refractivity contribution is 0.0857. The van der Waals surface area contributed by atoms with Gasteiger partial charge in [0.2, 0.25) is 0 Å². The minimum Gasteiger partial charge on any atom is -0.306 e. The van der Waals surface area contributed by atoms with Gasteiger partial charge in [-0.2, -0.15) is 0 Å². The topological polar surface area (TPSA) is 66.5 Å². The summed E-state index contributed by atoms with van der Waals surface area (Å²) < 4.78 is 27.5. The molecule has 0 spiro atoms. The van der Waals surface area contributed by atoms with Crippen LogP contribution in [0.4, 0.5) is 5.69 Å². The van der Waals surface area contributed by atoms with Crippen molar-refractivity contribution >= 4 is 33.1 Å². The molecule has 5 nitrogen and oxygen atoms in total. The van der Waals surface area contributed by atoms with Crippen molar-refractivity contribution in [3.05, 3.63) is 59.1 Å². The zero-order chi connectivity index (χ0) is 18.7. The number of nitrogens with zero attached hydrogens (tertiary/aromatic N) is 1. The molecule has 1 fully saturated rings. The van der Waals surface area contributed by atoms with E-state index in [1.165, 1.54) is 12.1 Å². The lowest BCUT2D eigenvalue weighted by Crippen LogP contribution is -2.33. The number of benzene rings is 2. The Morgan fingerprint density at radius 3 is 2.50 bits per heavy atom. The van der Waals surface area contributed by atoms with Crippen LogP contribution in [0.5, 0.6) is 0 Å². The van der Waals surface area contributed by atoms with E-state index in [1.807, 2.05) is 7.05 Å². The lowest BCUT2D eigenvalue weighted by atomic mass is 9.89. The predicted octanol–water partition coefficient (Wildman–Crippen LogP) is 3.67. The van der Waals surface area contributed by atoms with Gasteiger partial charge in [0.25, 0.3) is 10.0 Å². The van der Waals surface area contributed by atoms with Gasteiger partial charge in [0.1, 0.15) is 0 Å². The molecule has 0 aliphatic carbocycles. The van der Waals surface area contributed by atoms with Crippen LogP contribution in [0.3, 0.4) is 0 Å². The summed E-state index contributed by atoms with van der Waals surface area (Å²) in [5, 5.41) is 0.346. The van der Waals surface area contributed by atoms with Crippen molar-refractivity contribution in [2.24, 2.45) is 5.92 Å². The Morgan fingerprint density at radius 2 is 1.81 bits per heavy atom. The van der Waals surface area contributed by atoms with Crippen molar-refractivity contribution in [2.75, 3.05) is 24.9 Å². The molecule has 0 unspecified atom stereocenters. The summed E-state index contributed by atoms with van der Waals surface area (Å²) in [6.45, 7) is 1.80. The van der Waals surface area contributed by atoms with Gasteiger partial charge in [-0.25, -0.2) is 8.42 Å². The van der Waals surface area contributed by atoms with E-state index in [-0.39, 0.29) is 16.6 Å². The summed E-state index contributed by atoms with van der Waals surface area (Å²) in [7, 11) is -1.72. The van der Waals surface area contributed by atoms with Crippen LogP contribution in [0.15, 0.2) is 53.4 Å². The maximum Gasteiger partial charge on any atom is 0.261 e. The highest BCUT2D eigenvalue weighted by Crippen LogP contribution is 2.24.